The van der Waals surface area contributed by atoms with Crippen molar-refractivity contribution in [2.75, 3.05) is 18.1 Å². The SMILES string of the molecule is C=CC(=O)N1CCOc2ccc(-c3cc4c(cn3)CCc3c-4[nH]c4c3C(=O)CCCC4)cc21. The molecule has 166 valence electrons. The Morgan fingerprint density at radius 2 is 2.03 bits per heavy atom. The van der Waals surface area contributed by atoms with Crippen LogP contribution >= 0.6 is 0 Å². The van der Waals surface area contributed by atoms with Gasteiger partial charge in [0.1, 0.15) is 12.4 Å². The molecule has 6 heteroatoms. The van der Waals surface area contributed by atoms with Crippen molar-refractivity contribution in [1.29, 1.82) is 0 Å². The van der Waals surface area contributed by atoms with Crippen LogP contribution in [0.3, 0.4) is 0 Å². The molecular weight excluding hydrogens is 414 g/mol. The number of carbonyl (C=O) groups excluding carboxylic acids is 2. The van der Waals surface area contributed by atoms with Gasteiger partial charge in [-0.1, -0.05) is 6.58 Å². The number of benzene rings is 1. The molecule has 0 saturated carbocycles. The number of aryl methyl sites for hydroxylation is 2. The van der Waals surface area contributed by atoms with E-state index in [0.29, 0.717) is 25.3 Å². The van der Waals surface area contributed by atoms with Gasteiger partial charge in [-0.3, -0.25) is 14.6 Å². The van der Waals surface area contributed by atoms with E-state index in [1.165, 1.54) is 17.2 Å². The third-order valence-corrected chi connectivity index (χ3v) is 7.00. The Morgan fingerprint density at radius 1 is 1.15 bits per heavy atom. The number of aromatic nitrogens is 2. The summed E-state index contributed by atoms with van der Waals surface area (Å²) in [5.41, 5.74) is 9.08. The molecule has 1 aromatic carbocycles. The summed E-state index contributed by atoms with van der Waals surface area (Å²) in [6, 6.07) is 7.95. The minimum absolute atomic E-state index is 0.141. The zero-order chi connectivity index (χ0) is 22.5. The van der Waals surface area contributed by atoms with Crippen LogP contribution in [0.4, 0.5) is 5.69 Å². The van der Waals surface area contributed by atoms with Crippen molar-refractivity contribution in [3.8, 4) is 28.3 Å². The van der Waals surface area contributed by atoms with Crippen molar-refractivity contribution < 1.29 is 14.3 Å². The van der Waals surface area contributed by atoms with Crippen molar-refractivity contribution in [3.05, 3.63) is 65.5 Å². The van der Waals surface area contributed by atoms with E-state index in [-0.39, 0.29) is 11.7 Å². The monoisotopic (exact) mass is 439 g/mol. The van der Waals surface area contributed by atoms with Crippen molar-refractivity contribution in [2.45, 2.75) is 38.5 Å². The Balaban J connectivity index is 1.44. The fourth-order valence-corrected chi connectivity index (χ4v) is 5.36. The average molecular weight is 440 g/mol. The number of nitrogens with zero attached hydrogens (tertiary/aromatic N) is 2. The first-order chi connectivity index (χ1) is 16.1. The lowest BCUT2D eigenvalue weighted by molar-refractivity contribution is -0.114. The number of amides is 1. The van der Waals surface area contributed by atoms with Gasteiger partial charge in [-0.15, -0.1) is 0 Å². The standard InChI is InChI=1S/C27H25N3O3/c1-2-25(32)30-11-12-33-24-10-8-16(13-22(24)30)21-14-19-17(15-28-21)7-9-18-26-20(29-27(18)19)5-3-4-6-23(26)31/h2,8,10,13-15,29H,1,3-7,9,11-12H2. The van der Waals surface area contributed by atoms with Gasteiger partial charge in [-0.25, -0.2) is 0 Å². The lowest BCUT2D eigenvalue weighted by Gasteiger charge is -2.29. The van der Waals surface area contributed by atoms with Crippen LogP contribution in [0.25, 0.3) is 22.5 Å². The van der Waals surface area contributed by atoms with Gasteiger partial charge in [0, 0.05) is 40.7 Å². The zero-order valence-corrected chi connectivity index (χ0v) is 18.4. The molecule has 6 rings (SSSR count). The maximum absolute atomic E-state index is 12.8. The maximum atomic E-state index is 12.8. The Kier molecular flexibility index (Phi) is 4.68. The lowest BCUT2D eigenvalue weighted by Crippen LogP contribution is -2.36. The maximum Gasteiger partial charge on any atom is 0.250 e. The number of H-pyrrole nitrogens is 1. The fourth-order valence-electron chi connectivity index (χ4n) is 5.36. The van der Waals surface area contributed by atoms with Crippen LogP contribution in [0.1, 0.15) is 46.4 Å². The summed E-state index contributed by atoms with van der Waals surface area (Å²) in [7, 11) is 0. The van der Waals surface area contributed by atoms with Crippen LogP contribution in [-0.4, -0.2) is 34.8 Å². The second kappa shape index (κ2) is 7.73. The van der Waals surface area contributed by atoms with Crippen LogP contribution in [0.5, 0.6) is 5.75 Å². The predicted molar refractivity (Wildman–Crippen MR) is 127 cm³/mol. The molecule has 0 unspecified atom stereocenters. The summed E-state index contributed by atoms with van der Waals surface area (Å²) in [6.45, 7) is 4.58. The van der Waals surface area contributed by atoms with Gasteiger partial charge in [0.15, 0.2) is 5.78 Å². The van der Waals surface area contributed by atoms with E-state index >= 15 is 0 Å². The van der Waals surface area contributed by atoms with Gasteiger partial charge >= 0.3 is 0 Å². The zero-order valence-electron chi connectivity index (χ0n) is 18.4. The van der Waals surface area contributed by atoms with E-state index in [0.717, 1.165) is 71.6 Å². The second-order valence-electron chi connectivity index (χ2n) is 8.91. The number of hydrogen-bond donors (Lipinski definition) is 1. The number of hydrogen-bond acceptors (Lipinski definition) is 4. The number of nitrogens with one attached hydrogen (secondary N) is 1. The average Bonchev–Trinajstić information content (AvgIpc) is 3.14. The van der Waals surface area contributed by atoms with Crippen LogP contribution in [0.15, 0.2) is 43.1 Å². The number of aromatic amines is 1. The van der Waals surface area contributed by atoms with Crippen LogP contribution in [0, 0.1) is 0 Å². The molecule has 1 aliphatic heterocycles. The van der Waals surface area contributed by atoms with Gasteiger partial charge in [-0.05, 0) is 73.6 Å². The van der Waals surface area contributed by atoms with Crippen LogP contribution in [0.2, 0.25) is 0 Å². The van der Waals surface area contributed by atoms with Gasteiger partial charge in [0.2, 0.25) is 0 Å². The normalized spacial score (nSPS) is 16.6. The molecule has 3 aromatic rings. The minimum Gasteiger partial charge on any atom is -0.490 e. The molecule has 0 spiro atoms. The van der Waals surface area contributed by atoms with E-state index in [1.807, 2.05) is 24.4 Å². The fraction of sp³-hybridized carbons (Fsp3) is 0.296. The second-order valence-corrected chi connectivity index (χ2v) is 8.91. The highest BCUT2D eigenvalue weighted by Gasteiger charge is 2.29. The molecule has 3 aliphatic rings. The Hall–Kier alpha value is -3.67. The van der Waals surface area contributed by atoms with E-state index in [9.17, 15) is 9.59 Å². The summed E-state index contributed by atoms with van der Waals surface area (Å²) in [5, 5.41) is 0. The van der Waals surface area contributed by atoms with Crippen molar-refractivity contribution in [3.63, 3.8) is 0 Å². The smallest absolute Gasteiger partial charge is 0.250 e. The van der Waals surface area contributed by atoms with E-state index in [4.69, 9.17) is 9.72 Å². The van der Waals surface area contributed by atoms with Gasteiger partial charge < -0.3 is 14.6 Å². The number of ether oxygens (including phenoxy) is 1. The first-order valence-corrected chi connectivity index (χ1v) is 11.6. The summed E-state index contributed by atoms with van der Waals surface area (Å²) in [5.74, 6) is 0.823. The Labute approximate surface area is 192 Å². The molecule has 0 saturated heterocycles. The molecule has 0 bridgehead atoms. The number of fused-ring (bicyclic) bond motifs is 6. The van der Waals surface area contributed by atoms with Gasteiger partial charge in [-0.2, -0.15) is 0 Å². The molecule has 0 radical (unpaired) electrons. The third kappa shape index (κ3) is 3.20. The Morgan fingerprint density at radius 3 is 2.91 bits per heavy atom. The molecule has 33 heavy (non-hydrogen) atoms. The highest BCUT2D eigenvalue weighted by molar-refractivity contribution is 6.03. The van der Waals surface area contributed by atoms with Crippen molar-refractivity contribution in [2.24, 2.45) is 0 Å². The van der Waals surface area contributed by atoms with E-state index in [2.05, 4.69) is 17.6 Å². The summed E-state index contributed by atoms with van der Waals surface area (Å²) < 4.78 is 5.76. The first kappa shape index (κ1) is 20.0. The summed E-state index contributed by atoms with van der Waals surface area (Å²) in [4.78, 5) is 35.2. The topological polar surface area (TPSA) is 75.3 Å². The van der Waals surface area contributed by atoms with Crippen molar-refractivity contribution in [1.82, 2.24) is 9.97 Å². The summed E-state index contributed by atoms with van der Waals surface area (Å²) in [6.07, 6.45) is 8.61. The quantitative estimate of drug-likeness (QED) is 0.465. The third-order valence-electron chi connectivity index (χ3n) is 7.00. The number of pyridine rings is 1. The van der Waals surface area contributed by atoms with Crippen LogP contribution in [-0.2, 0) is 24.1 Å². The largest absolute Gasteiger partial charge is 0.490 e. The molecule has 0 fully saturated rings. The molecule has 0 atom stereocenters. The molecule has 2 aromatic heterocycles. The van der Waals surface area contributed by atoms with Gasteiger partial charge in [0.05, 0.1) is 17.9 Å². The Bertz CT molecular complexity index is 1320. The number of rotatable bonds is 2. The molecular formula is C27H25N3O3. The molecule has 2 aliphatic carbocycles. The summed E-state index contributed by atoms with van der Waals surface area (Å²) >= 11 is 0. The lowest BCUT2D eigenvalue weighted by atomic mass is 9.87. The predicted octanol–water partition coefficient (Wildman–Crippen LogP) is 4.66. The number of carbonyl (C=O) groups is 2. The first-order valence-electron chi connectivity index (χ1n) is 11.6. The highest BCUT2D eigenvalue weighted by Crippen LogP contribution is 2.41. The molecule has 1 amide bonds. The highest BCUT2D eigenvalue weighted by atomic mass is 16.5. The van der Waals surface area contributed by atoms with E-state index in [1.54, 1.807) is 4.90 Å². The number of ketones is 1. The number of Topliss-reactive ketones (excluding diaryl/α,β-unsaturated/α-hetero) is 1. The number of anilines is 1. The molecule has 3 heterocycles. The van der Waals surface area contributed by atoms with E-state index < -0.39 is 0 Å². The minimum atomic E-state index is -0.141. The molecule has 1 N–H and O–H groups in total. The molecule has 6 nitrogen and oxygen atoms in total. The van der Waals surface area contributed by atoms with Crippen molar-refractivity contribution >= 4 is 17.4 Å². The van der Waals surface area contributed by atoms with Gasteiger partial charge in [0.25, 0.3) is 5.91 Å². The van der Waals surface area contributed by atoms with Crippen LogP contribution < -0.4 is 9.64 Å².